The first kappa shape index (κ1) is 89.1. The molecule has 91 heavy (non-hydrogen) atoms. The molecule has 19 heteroatoms. The third-order valence-corrected chi connectivity index (χ3v) is 18.7. The van der Waals surface area contributed by atoms with E-state index in [0.29, 0.717) is 31.6 Å². The highest BCUT2D eigenvalue weighted by molar-refractivity contribution is 7.47. The third kappa shape index (κ3) is 66.5. The van der Waals surface area contributed by atoms with Crippen LogP contribution in [0.3, 0.4) is 0 Å². The molecule has 0 aliphatic carbocycles. The number of hydrogen-bond acceptors (Lipinski definition) is 15. The number of esters is 4. The molecular formula is C72H140O17P2. The van der Waals surface area contributed by atoms with Crippen LogP contribution >= 0.6 is 15.6 Å². The Kier molecular flexibility index (Phi) is 64.0. The zero-order valence-electron chi connectivity index (χ0n) is 59.0. The number of rotatable bonds is 72. The molecular weight excluding hydrogens is 1200 g/mol. The Morgan fingerprint density at radius 1 is 0.297 bits per heavy atom. The fourth-order valence-electron chi connectivity index (χ4n) is 11.0. The van der Waals surface area contributed by atoms with Crippen molar-refractivity contribution in [3.8, 4) is 0 Å². The molecule has 0 fully saturated rings. The van der Waals surface area contributed by atoms with Gasteiger partial charge in [0.2, 0.25) is 0 Å². The third-order valence-electron chi connectivity index (χ3n) is 16.8. The Labute approximate surface area is 556 Å². The first-order valence-electron chi connectivity index (χ1n) is 37.6. The smallest absolute Gasteiger partial charge is 0.462 e. The molecule has 2 unspecified atom stereocenters. The van der Waals surface area contributed by atoms with E-state index in [9.17, 15) is 43.2 Å². The van der Waals surface area contributed by atoms with E-state index >= 15 is 0 Å². The first-order chi connectivity index (χ1) is 44.0. The molecule has 0 heterocycles. The van der Waals surface area contributed by atoms with Gasteiger partial charge in [0.1, 0.15) is 19.3 Å². The van der Waals surface area contributed by atoms with Crippen LogP contribution in [0.4, 0.5) is 0 Å². The van der Waals surface area contributed by atoms with Crippen molar-refractivity contribution in [1.29, 1.82) is 0 Å². The van der Waals surface area contributed by atoms with Gasteiger partial charge in [-0.2, -0.15) is 0 Å². The molecule has 5 atom stereocenters. The fourth-order valence-corrected chi connectivity index (χ4v) is 12.6. The maximum atomic E-state index is 13.0. The largest absolute Gasteiger partial charge is 0.472 e. The number of phosphoric ester groups is 2. The van der Waals surface area contributed by atoms with Crippen LogP contribution in [0.1, 0.15) is 375 Å². The summed E-state index contributed by atoms with van der Waals surface area (Å²) in [6.07, 6.45) is 53.4. The summed E-state index contributed by atoms with van der Waals surface area (Å²) < 4.78 is 68.1. The van der Waals surface area contributed by atoms with Gasteiger partial charge in [-0.1, -0.05) is 324 Å². The summed E-state index contributed by atoms with van der Waals surface area (Å²) in [4.78, 5) is 72.3. The quantitative estimate of drug-likeness (QED) is 0.0222. The summed E-state index contributed by atoms with van der Waals surface area (Å²) in [6.45, 7) is 7.11. The Morgan fingerprint density at radius 2 is 0.505 bits per heavy atom. The zero-order valence-corrected chi connectivity index (χ0v) is 60.8. The van der Waals surface area contributed by atoms with Crippen LogP contribution in [0.25, 0.3) is 0 Å². The molecule has 0 saturated heterocycles. The lowest BCUT2D eigenvalue weighted by Crippen LogP contribution is -2.30. The molecule has 0 aliphatic rings. The molecule has 0 aliphatic heterocycles. The number of aliphatic hydroxyl groups is 1. The lowest BCUT2D eigenvalue weighted by Gasteiger charge is -2.21. The molecule has 0 aromatic carbocycles. The molecule has 0 bridgehead atoms. The van der Waals surface area contributed by atoms with Crippen LogP contribution in [0.5, 0.6) is 0 Å². The summed E-state index contributed by atoms with van der Waals surface area (Å²) in [6, 6.07) is 0. The Balaban J connectivity index is 5.13. The van der Waals surface area contributed by atoms with Gasteiger partial charge in [-0.05, 0) is 31.6 Å². The number of aliphatic hydroxyl groups excluding tert-OH is 1. The van der Waals surface area contributed by atoms with E-state index in [1.54, 1.807) is 0 Å². The number of phosphoric acid groups is 2. The van der Waals surface area contributed by atoms with E-state index in [1.165, 1.54) is 193 Å². The minimum absolute atomic E-state index is 0.103. The van der Waals surface area contributed by atoms with Crippen molar-refractivity contribution in [2.75, 3.05) is 39.6 Å². The second-order valence-corrected chi connectivity index (χ2v) is 29.4. The van der Waals surface area contributed by atoms with E-state index in [-0.39, 0.29) is 25.7 Å². The Hall–Kier alpha value is -1.94. The minimum Gasteiger partial charge on any atom is -0.462 e. The highest BCUT2D eigenvalue weighted by Crippen LogP contribution is 2.45. The predicted octanol–water partition coefficient (Wildman–Crippen LogP) is 20.9. The maximum absolute atomic E-state index is 13.0. The molecule has 540 valence electrons. The van der Waals surface area contributed by atoms with Crippen LogP contribution in [-0.4, -0.2) is 96.7 Å². The average Bonchev–Trinajstić information content (AvgIpc) is 3.71. The number of carbonyl (C=O) groups excluding carboxylic acids is 4. The van der Waals surface area contributed by atoms with Crippen LogP contribution in [0.15, 0.2) is 0 Å². The van der Waals surface area contributed by atoms with Gasteiger partial charge < -0.3 is 33.8 Å². The lowest BCUT2D eigenvalue weighted by molar-refractivity contribution is -0.161. The maximum Gasteiger partial charge on any atom is 0.472 e. The summed E-state index contributed by atoms with van der Waals surface area (Å²) in [7, 11) is -9.89. The number of hydrogen-bond donors (Lipinski definition) is 3. The highest BCUT2D eigenvalue weighted by atomic mass is 31.2. The molecule has 3 N–H and O–H groups in total. The van der Waals surface area contributed by atoms with Crippen molar-refractivity contribution in [3.63, 3.8) is 0 Å². The van der Waals surface area contributed by atoms with E-state index in [0.717, 1.165) is 96.3 Å². The number of unbranched alkanes of at least 4 members (excludes halogenated alkanes) is 44. The minimum atomic E-state index is -4.95. The van der Waals surface area contributed by atoms with Crippen molar-refractivity contribution in [1.82, 2.24) is 0 Å². The van der Waals surface area contributed by atoms with Gasteiger partial charge in [-0.25, -0.2) is 9.13 Å². The molecule has 0 spiro atoms. The van der Waals surface area contributed by atoms with E-state index in [2.05, 4.69) is 34.6 Å². The van der Waals surface area contributed by atoms with Crippen molar-refractivity contribution in [2.45, 2.75) is 393 Å². The summed E-state index contributed by atoms with van der Waals surface area (Å²) in [5.74, 6) is -1.44. The fraction of sp³-hybridized carbons (Fsp3) is 0.944. The van der Waals surface area contributed by atoms with Crippen molar-refractivity contribution in [3.05, 3.63) is 0 Å². The molecule has 0 aromatic heterocycles. The highest BCUT2D eigenvalue weighted by Gasteiger charge is 2.30. The van der Waals surface area contributed by atoms with Gasteiger partial charge in [-0.3, -0.25) is 37.3 Å². The van der Waals surface area contributed by atoms with Crippen molar-refractivity contribution < 1.29 is 80.2 Å². The molecule has 0 amide bonds. The van der Waals surface area contributed by atoms with Gasteiger partial charge in [0, 0.05) is 25.7 Å². The van der Waals surface area contributed by atoms with Gasteiger partial charge in [0.25, 0.3) is 0 Å². The van der Waals surface area contributed by atoms with Crippen LogP contribution in [0.2, 0.25) is 0 Å². The van der Waals surface area contributed by atoms with Gasteiger partial charge >= 0.3 is 39.5 Å². The standard InChI is InChI=1S/C72H140O17P2/c1-6-9-12-15-17-19-21-23-25-27-29-31-33-35-37-41-46-51-56-70(75)83-62-68(89-71(76)57-52-47-42-38-36-34-32-30-28-26-24-22-20-18-16-13-10-7-2)64-87-91(80,81)85-60-66(73)59-84-90(78,79)86-63-67(61-82-69(74)55-50-44-14-11-8-3)88-72(77)58-53-48-43-39-40-45-49-54-65(4)5/h65-68,73H,6-64H2,1-5H3,(H,78,79)(H,80,81)/t66-,67+,68+/m0/s1. The summed E-state index contributed by atoms with van der Waals surface area (Å²) in [5.41, 5.74) is 0. The number of carbonyl (C=O) groups is 4. The monoisotopic (exact) mass is 1340 g/mol. The average molecular weight is 1340 g/mol. The van der Waals surface area contributed by atoms with E-state index in [4.69, 9.17) is 37.0 Å². The predicted molar refractivity (Wildman–Crippen MR) is 368 cm³/mol. The molecule has 0 aromatic rings. The van der Waals surface area contributed by atoms with Gasteiger partial charge in [0.05, 0.1) is 26.4 Å². The molecule has 0 radical (unpaired) electrons. The summed E-state index contributed by atoms with van der Waals surface area (Å²) >= 11 is 0. The number of ether oxygens (including phenoxy) is 4. The second-order valence-electron chi connectivity index (χ2n) is 26.5. The van der Waals surface area contributed by atoms with Crippen molar-refractivity contribution in [2.24, 2.45) is 5.92 Å². The molecule has 0 saturated carbocycles. The van der Waals surface area contributed by atoms with Crippen LogP contribution in [0, 0.1) is 5.92 Å². The second kappa shape index (κ2) is 65.4. The van der Waals surface area contributed by atoms with E-state index < -0.39 is 97.5 Å². The first-order valence-corrected chi connectivity index (χ1v) is 40.6. The zero-order chi connectivity index (χ0) is 67.0. The topological polar surface area (TPSA) is 237 Å². The van der Waals surface area contributed by atoms with Crippen LogP contribution < -0.4 is 0 Å². The molecule has 0 rings (SSSR count). The van der Waals surface area contributed by atoms with Gasteiger partial charge in [-0.15, -0.1) is 0 Å². The normalized spacial score (nSPS) is 14.0. The SMILES string of the molecule is CCCCCCCCCCCCCCCCCCCCC(=O)OC[C@H](COP(=O)(O)OC[C@@H](O)COP(=O)(O)OC[C@@H](COC(=O)CCCCCCC)OC(=O)CCCCCCCCCC(C)C)OC(=O)CCCCCCCCCCCCCCCCCCCC. The van der Waals surface area contributed by atoms with Gasteiger partial charge in [0.15, 0.2) is 12.2 Å². The Bertz CT molecular complexity index is 1750. The van der Waals surface area contributed by atoms with Crippen molar-refractivity contribution >= 4 is 39.5 Å². The Morgan fingerprint density at radius 3 is 0.747 bits per heavy atom. The van der Waals surface area contributed by atoms with E-state index in [1.807, 2.05) is 0 Å². The van der Waals surface area contributed by atoms with Crippen LogP contribution in [-0.2, 0) is 65.4 Å². The molecule has 17 nitrogen and oxygen atoms in total. The lowest BCUT2D eigenvalue weighted by atomic mass is 10.0. The summed E-state index contributed by atoms with van der Waals surface area (Å²) in [5, 5.41) is 10.6.